The zero-order valence-corrected chi connectivity index (χ0v) is 32.6. The van der Waals surface area contributed by atoms with Gasteiger partial charge < -0.3 is 44.9 Å². The summed E-state index contributed by atoms with van der Waals surface area (Å²) in [5.74, 6) is 1.45. The highest BCUT2D eigenvalue weighted by Crippen LogP contribution is 2.65. The van der Waals surface area contributed by atoms with Crippen LogP contribution in [-0.4, -0.2) is 116 Å². The van der Waals surface area contributed by atoms with Gasteiger partial charge in [-0.3, -0.25) is 19.4 Å². The Morgan fingerprint density at radius 3 is 2.59 bits per heavy atom. The molecule has 2 bridgehead atoms. The number of ether oxygens (including phenoxy) is 4. The molecule has 1 aromatic rings. The molecule has 4 N–H and O–H groups in total. The van der Waals surface area contributed by atoms with Gasteiger partial charge in [0.05, 0.1) is 36.6 Å². The van der Waals surface area contributed by atoms with Crippen LogP contribution in [-0.2, 0) is 35.7 Å². The zero-order chi connectivity index (χ0) is 39.0. The van der Waals surface area contributed by atoms with E-state index >= 15 is 0 Å². The summed E-state index contributed by atoms with van der Waals surface area (Å²) in [5.41, 5.74) is 5.92. The van der Waals surface area contributed by atoms with E-state index in [1.165, 1.54) is 6.92 Å². The molecule has 1 saturated heterocycles. The van der Waals surface area contributed by atoms with Gasteiger partial charge in [0.25, 0.3) is 0 Å². The molecular formula is C40H59N5O9. The second-order valence-electron chi connectivity index (χ2n) is 15.0. The van der Waals surface area contributed by atoms with Gasteiger partial charge in [0, 0.05) is 64.3 Å². The van der Waals surface area contributed by atoms with Crippen LogP contribution in [0, 0.1) is 0 Å². The smallest absolute Gasteiger partial charge is 0.415 e. The third-order valence-electron chi connectivity index (χ3n) is 11.7. The van der Waals surface area contributed by atoms with Crippen molar-refractivity contribution in [2.24, 2.45) is 10.7 Å². The maximum atomic E-state index is 14.1. The van der Waals surface area contributed by atoms with E-state index in [1.807, 2.05) is 13.1 Å². The van der Waals surface area contributed by atoms with Crippen LogP contribution >= 0.6 is 0 Å². The van der Waals surface area contributed by atoms with Gasteiger partial charge in [-0.05, 0) is 83.2 Å². The third kappa shape index (κ3) is 8.39. The Hall–Kier alpha value is -4.17. The fourth-order valence-corrected chi connectivity index (χ4v) is 8.97. The minimum absolute atomic E-state index is 0.102. The van der Waals surface area contributed by atoms with E-state index in [0.29, 0.717) is 107 Å². The molecule has 298 valence electrons. The molecule has 1 aromatic carbocycles. The summed E-state index contributed by atoms with van der Waals surface area (Å²) in [5, 5.41) is 15.3. The Bertz CT molecular complexity index is 1610. The molecule has 1 fully saturated rings. The summed E-state index contributed by atoms with van der Waals surface area (Å²) < 4.78 is 23.7. The van der Waals surface area contributed by atoms with Crippen molar-refractivity contribution >= 4 is 29.6 Å². The molecule has 2 aliphatic carbocycles. The number of carbonyl (C=O) groups excluding carboxylic acids is 4. The lowest BCUT2D eigenvalue weighted by atomic mass is 9.50. The first-order valence-electron chi connectivity index (χ1n) is 19.5. The van der Waals surface area contributed by atoms with E-state index < -0.39 is 29.3 Å². The maximum Gasteiger partial charge on any atom is 0.415 e. The second kappa shape index (κ2) is 18.0. The normalized spacial score (nSPS) is 24.4. The summed E-state index contributed by atoms with van der Waals surface area (Å²) >= 11 is 0. The van der Waals surface area contributed by atoms with E-state index in [1.54, 1.807) is 32.1 Å². The number of rotatable bonds is 20. The minimum Gasteiger partial charge on any atom is -0.493 e. The first-order chi connectivity index (χ1) is 25.9. The molecule has 4 aliphatic rings. The number of nitrogens with one attached hydrogen (secondary N) is 1. The highest BCUT2D eigenvalue weighted by molar-refractivity contribution is 5.88. The van der Waals surface area contributed by atoms with Crippen LogP contribution in [0.15, 0.2) is 29.0 Å². The number of aliphatic imine (C=N–C) groups is 1. The molecule has 5 rings (SSSR count). The number of amidine groups is 1. The SMILES string of the molecule is CCOC(=O)CCCCCN(CCCC(=O)[C@H](CCCCC(N)=NC)NC(C)=O)C(=O)OC1=CCC2(O)[C@H]3Cc4ccc(OC)c5c4[C@@]2(CCN3C)C1O5. The van der Waals surface area contributed by atoms with Gasteiger partial charge in [0.2, 0.25) is 5.91 Å². The average Bonchev–Trinajstić information content (AvgIpc) is 3.50. The number of ketones is 1. The second-order valence-corrected chi connectivity index (χ2v) is 15.0. The van der Waals surface area contributed by atoms with Crippen molar-refractivity contribution in [3.05, 3.63) is 35.1 Å². The van der Waals surface area contributed by atoms with Crippen molar-refractivity contribution in [3.8, 4) is 11.5 Å². The molecule has 2 amide bonds. The number of piperidine rings is 1. The molecule has 14 nitrogen and oxygen atoms in total. The van der Waals surface area contributed by atoms with E-state index in [9.17, 15) is 24.3 Å². The average molecular weight is 754 g/mol. The lowest BCUT2D eigenvalue weighted by Crippen LogP contribution is -2.74. The standard InChI is InChI=1S/C40H59N5O9/c1-6-52-34(48)16-8-7-11-22-45(23-12-14-29(47)28(43-26(2)46)13-9-10-15-33(41)42-3)38(49)53-31-19-20-40(50)32-25-27-17-18-30(51-5)36-35(27)39(40,37(31)54-36)21-24-44(32)4/h17-19,28,32,37,50H,6-16,20-25H2,1-5H3,(H2,41,42)(H,43,46)/t28-,32+,37?,39-,40?/m0/s1. The first-order valence-corrected chi connectivity index (χ1v) is 19.5. The van der Waals surface area contributed by atoms with Crippen molar-refractivity contribution in [1.82, 2.24) is 15.1 Å². The van der Waals surface area contributed by atoms with E-state index in [0.717, 1.165) is 24.1 Å². The van der Waals surface area contributed by atoms with Crippen molar-refractivity contribution < 1.29 is 43.2 Å². The number of hydrogen-bond donors (Lipinski definition) is 3. The number of Topliss-reactive ketones (excluding diaryl/α,β-unsaturated/α-hetero) is 1. The summed E-state index contributed by atoms with van der Waals surface area (Å²) in [6.07, 6.45) is 7.39. The summed E-state index contributed by atoms with van der Waals surface area (Å²) in [6.45, 7) is 4.84. The molecule has 5 atom stereocenters. The molecule has 14 heteroatoms. The molecule has 2 heterocycles. The Morgan fingerprint density at radius 2 is 1.87 bits per heavy atom. The lowest BCUT2D eigenvalue weighted by Gasteiger charge is -2.61. The quantitative estimate of drug-likeness (QED) is 0.0760. The topological polar surface area (TPSA) is 182 Å². The van der Waals surface area contributed by atoms with Gasteiger partial charge in [-0.1, -0.05) is 18.9 Å². The van der Waals surface area contributed by atoms with Crippen LogP contribution < -0.4 is 20.5 Å². The summed E-state index contributed by atoms with van der Waals surface area (Å²) in [4.78, 5) is 59.1. The number of methoxy groups -OCH3 is 1. The van der Waals surface area contributed by atoms with Crippen LogP contribution in [0.2, 0.25) is 0 Å². The minimum atomic E-state index is -1.13. The van der Waals surface area contributed by atoms with Gasteiger partial charge >= 0.3 is 12.1 Å². The van der Waals surface area contributed by atoms with Crippen LogP contribution in [0.4, 0.5) is 4.79 Å². The molecular weight excluding hydrogens is 694 g/mol. The number of hydrogen-bond acceptors (Lipinski definition) is 11. The molecule has 0 radical (unpaired) electrons. The fraction of sp³-hybridized carbons (Fsp3) is 0.675. The Morgan fingerprint density at radius 1 is 1.11 bits per heavy atom. The predicted octanol–water partition coefficient (Wildman–Crippen LogP) is 3.94. The lowest BCUT2D eigenvalue weighted by molar-refractivity contribution is -0.163. The number of likely N-dealkylation sites (tertiary alicyclic amines) is 1. The first kappa shape index (κ1) is 41.0. The van der Waals surface area contributed by atoms with Gasteiger partial charge in [-0.25, -0.2) is 4.79 Å². The number of nitrogens with two attached hydrogens (primary N) is 1. The van der Waals surface area contributed by atoms with Crippen molar-refractivity contribution in [2.45, 2.75) is 127 Å². The van der Waals surface area contributed by atoms with Crippen molar-refractivity contribution in [1.29, 1.82) is 0 Å². The Balaban J connectivity index is 1.30. The third-order valence-corrected chi connectivity index (χ3v) is 11.7. The highest BCUT2D eigenvalue weighted by atomic mass is 16.6. The van der Waals surface area contributed by atoms with E-state index in [-0.39, 0.29) is 36.7 Å². The van der Waals surface area contributed by atoms with E-state index in [2.05, 4.69) is 21.3 Å². The summed E-state index contributed by atoms with van der Waals surface area (Å²) in [6, 6.07) is 3.19. The predicted molar refractivity (Wildman–Crippen MR) is 202 cm³/mol. The van der Waals surface area contributed by atoms with Gasteiger partial charge in [0.1, 0.15) is 5.76 Å². The Kier molecular flexibility index (Phi) is 13.6. The maximum absolute atomic E-state index is 14.1. The molecule has 54 heavy (non-hydrogen) atoms. The van der Waals surface area contributed by atoms with Crippen LogP contribution in [0.1, 0.15) is 102 Å². The molecule has 0 aromatic heterocycles. The number of aliphatic hydroxyl groups is 1. The number of esters is 1. The number of amides is 2. The largest absolute Gasteiger partial charge is 0.493 e. The highest BCUT2D eigenvalue weighted by Gasteiger charge is 2.72. The fourth-order valence-electron chi connectivity index (χ4n) is 8.97. The van der Waals surface area contributed by atoms with Crippen molar-refractivity contribution in [3.63, 3.8) is 0 Å². The monoisotopic (exact) mass is 753 g/mol. The number of unbranched alkanes of at least 4 members (excludes halogenated alkanes) is 3. The van der Waals surface area contributed by atoms with Crippen LogP contribution in [0.3, 0.4) is 0 Å². The summed E-state index contributed by atoms with van der Waals surface area (Å²) in [7, 11) is 5.28. The molecule has 2 unspecified atom stereocenters. The van der Waals surface area contributed by atoms with Crippen molar-refractivity contribution in [2.75, 3.05) is 47.4 Å². The van der Waals surface area contributed by atoms with Crippen LogP contribution in [0.25, 0.3) is 0 Å². The van der Waals surface area contributed by atoms with Gasteiger partial charge in [-0.15, -0.1) is 0 Å². The number of carbonyl (C=O) groups is 4. The molecule has 2 aliphatic heterocycles. The van der Waals surface area contributed by atoms with E-state index in [4.69, 9.17) is 24.7 Å². The van der Waals surface area contributed by atoms with Crippen LogP contribution in [0.5, 0.6) is 11.5 Å². The van der Waals surface area contributed by atoms with Gasteiger partial charge in [-0.2, -0.15) is 0 Å². The van der Waals surface area contributed by atoms with Gasteiger partial charge in [0.15, 0.2) is 23.4 Å². The molecule has 1 spiro atoms. The number of likely N-dealkylation sites (N-methyl/N-ethyl adjacent to an activating group) is 1. The number of benzene rings is 1. The molecule has 0 saturated carbocycles. The number of nitrogens with zero attached hydrogens (tertiary/aromatic N) is 3. The zero-order valence-electron chi connectivity index (χ0n) is 32.6. The Labute approximate surface area is 318 Å².